The fraction of sp³-hybridized carbons (Fsp3) is 0.818. The second-order valence-electron chi connectivity index (χ2n) is 10.5. The van der Waals surface area contributed by atoms with Crippen LogP contribution in [0.3, 0.4) is 0 Å². The van der Waals surface area contributed by atoms with E-state index in [1.807, 2.05) is 13.8 Å². The Bertz CT molecular complexity index is 820. The third-order valence-corrected chi connectivity index (χ3v) is 9.16. The second kappa shape index (κ2) is 5.49. The number of Topliss-reactive ketones (excluding diaryl/α,β-unsaturated/α-hetero) is 1. The molecule has 7 nitrogen and oxygen atoms in total. The molecule has 2 heterocycles. The van der Waals surface area contributed by atoms with Crippen LogP contribution in [0.25, 0.3) is 0 Å². The van der Waals surface area contributed by atoms with Gasteiger partial charge in [-0.15, -0.1) is 0 Å². The first-order chi connectivity index (χ1) is 13.5. The molecule has 6 fully saturated rings. The number of esters is 1. The summed E-state index contributed by atoms with van der Waals surface area (Å²) in [4.78, 5) is 25.5. The van der Waals surface area contributed by atoms with E-state index in [1.165, 1.54) is 6.92 Å². The van der Waals surface area contributed by atoms with E-state index >= 15 is 0 Å². The minimum Gasteiger partial charge on any atom is -0.462 e. The molecule has 7 heteroatoms. The summed E-state index contributed by atoms with van der Waals surface area (Å²) >= 11 is 0. The number of rotatable bonds is 1. The minimum atomic E-state index is -2.19. The third kappa shape index (κ3) is 1.86. The number of aliphatic hydroxyl groups excluding tert-OH is 2. The molecule has 0 amide bonds. The molecular weight excluding hydrogens is 376 g/mol. The summed E-state index contributed by atoms with van der Waals surface area (Å²) in [5.74, 6) is -4.38. The zero-order valence-corrected chi connectivity index (χ0v) is 17.2. The fourth-order valence-electron chi connectivity index (χ4n) is 8.24. The zero-order chi connectivity index (χ0) is 21.1. The van der Waals surface area contributed by atoms with Gasteiger partial charge in [0.1, 0.15) is 17.6 Å². The minimum absolute atomic E-state index is 0.0795. The normalized spacial score (nSPS) is 54.7. The van der Waals surface area contributed by atoms with E-state index < -0.39 is 64.4 Å². The van der Waals surface area contributed by atoms with Crippen molar-refractivity contribution in [3.05, 3.63) is 12.2 Å². The molecule has 2 aliphatic heterocycles. The third-order valence-electron chi connectivity index (χ3n) is 9.16. The van der Waals surface area contributed by atoms with Crippen molar-refractivity contribution < 1.29 is 34.4 Å². The van der Waals surface area contributed by atoms with Gasteiger partial charge >= 0.3 is 5.97 Å². The highest BCUT2D eigenvalue weighted by molar-refractivity contribution is 6.05. The maximum absolute atomic E-state index is 13.5. The molecule has 9 atom stereocenters. The SMILES string of the molecule is C=C1C(=O)[C@]23[C@H](O)[C@H]1CC[C@H]2[C@@]12COC3(O)[C@@H](O)[C@@H]1C(C)(C)CC[C@@H]2OC(C)=O. The van der Waals surface area contributed by atoms with E-state index in [9.17, 15) is 24.9 Å². The Kier molecular flexibility index (Phi) is 3.73. The number of fused-ring (bicyclic) bond motifs is 2. The van der Waals surface area contributed by atoms with Crippen molar-refractivity contribution in [2.24, 2.45) is 34.0 Å². The van der Waals surface area contributed by atoms with Gasteiger partial charge in [0.15, 0.2) is 5.78 Å². The van der Waals surface area contributed by atoms with Gasteiger partial charge in [-0.25, -0.2) is 0 Å². The topological polar surface area (TPSA) is 113 Å². The average molecular weight is 406 g/mol. The Morgan fingerprint density at radius 3 is 2.55 bits per heavy atom. The molecule has 4 aliphatic carbocycles. The van der Waals surface area contributed by atoms with Crippen LogP contribution in [0.5, 0.6) is 0 Å². The second-order valence-corrected chi connectivity index (χ2v) is 10.5. The zero-order valence-electron chi connectivity index (χ0n) is 17.2. The van der Waals surface area contributed by atoms with Crippen LogP contribution in [0.4, 0.5) is 0 Å². The molecule has 2 spiro atoms. The van der Waals surface area contributed by atoms with Crippen molar-refractivity contribution in [1.29, 1.82) is 0 Å². The van der Waals surface area contributed by atoms with Crippen molar-refractivity contribution in [2.75, 3.05) is 6.61 Å². The predicted molar refractivity (Wildman–Crippen MR) is 100 cm³/mol. The van der Waals surface area contributed by atoms with Gasteiger partial charge in [-0.1, -0.05) is 20.4 Å². The van der Waals surface area contributed by atoms with Crippen LogP contribution in [0.2, 0.25) is 0 Å². The number of ketones is 1. The Balaban J connectivity index is 1.79. The lowest BCUT2D eigenvalue weighted by molar-refractivity contribution is -0.458. The van der Waals surface area contributed by atoms with Crippen molar-refractivity contribution in [3.8, 4) is 0 Å². The van der Waals surface area contributed by atoms with E-state index in [4.69, 9.17) is 9.47 Å². The lowest BCUT2D eigenvalue weighted by atomic mass is 9.35. The predicted octanol–water partition coefficient (Wildman–Crippen LogP) is 0.946. The van der Waals surface area contributed by atoms with Crippen molar-refractivity contribution in [2.45, 2.75) is 70.6 Å². The summed E-state index contributed by atoms with van der Waals surface area (Å²) in [5, 5.41) is 34.5. The van der Waals surface area contributed by atoms with Crippen LogP contribution in [-0.4, -0.2) is 57.8 Å². The van der Waals surface area contributed by atoms with E-state index in [-0.39, 0.29) is 12.0 Å². The molecule has 160 valence electrons. The van der Waals surface area contributed by atoms with Crippen LogP contribution in [-0.2, 0) is 19.1 Å². The molecule has 4 bridgehead atoms. The number of carbonyl (C=O) groups is 2. The van der Waals surface area contributed by atoms with Gasteiger partial charge in [0, 0.05) is 24.2 Å². The molecule has 4 saturated carbocycles. The highest BCUT2D eigenvalue weighted by atomic mass is 16.6. The van der Waals surface area contributed by atoms with E-state index in [1.54, 1.807) is 0 Å². The molecule has 6 aliphatic rings. The highest BCUT2D eigenvalue weighted by Crippen LogP contribution is 2.76. The summed E-state index contributed by atoms with van der Waals surface area (Å²) in [5.41, 5.74) is -2.60. The van der Waals surface area contributed by atoms with Crippen LogP contribution in [0.1, 0.15) is 46.5 Å². The Labute approximate surface area is 170 Å². The number of ether oxygens (including phenoxy) is 2. The summed E-state index contributed by atoms with van der Waals surface area (Å²) in [6.45, 7) is 9.43. The van der Waals surface area contributed by atoms with Gasteiger partial charge in [0.25, 0.3) is 0 Å². The quantitative estimate of drug-likeness (QED) is 0.439. The first-order valence-corrected chi connectivity index (χ1v) is 10.6. The molecule has 3 N–H and O–H groups in total. The maximum Gasteiger partial charge on any atom is 0.302 e. The molecule has 29 heavy (non-hydrogen) atoms. The Hall–Kier alpha value is -1.28. The highest BCUT2D eigenvalue weighted by Gasteiger charge is 2.87. The van der Waals surface area contributed by atoms with Crippen molar-refractivity contribution in [1.82, 2.24) is 0 Å². The fourth-order valence-corrected chi connectivity index (χ4v) is 8.24. The standard InChI is InChI=1S/C22H30O7/c1-10-12-5-6-13-20-9-28-22(27,21(13,16(10)24)17(12)25)18(26)15(20)19(3,4)8-7-14(20)29-11(2)23/h12-15,17-18,25-27H,1,5-9H2,2-4H3/t12-,13-,14-,15+,17+,18-,20+,21-,22?/m0/s1. The molecule has 0 radical (unpaired) electrons. The smallest absolute Gasteiger partial charge is 0.302 e. The summed E-state index contributed by atoms with van der Waals surface area (Å²) in [6, 6.07) is 0. The molecule has 2 saturated heterocycles. The van der Waals surface area contributed by atoms with Gasteiger partial charge in [0.05, 0.1) is 12.7 Å². The van der Waals surface area contributed by atoms with Crippen LogP contribution in [0, 0.1) is 34.0 Å². The van der Waals surface area contributed by atoms with Crippen molar-refractivity contribution >= 4 is 11.8 Å². The van der Waals surface area contributed by atoms with Gasteiger partial charge < -0.3 is 24.8 Å². The lowest BCUT2D eigenvalue weighted by Gasteiger charge is -2.74. The van der Waals surface area contributed by atoms with Gasteiger partial charge in [0.2, 0.25) is 5.79 Å². The summed E-state index contributed by atoms with van der Waals surface area (Å²) < 4.78 is 11.7. The largest absolute Gasteiger partial charge is 0.462 e. The molecule has 0 aromatic rings. The van der Waals surface area contributed by atoms with Gasteiger partial charge in [-0.3, -0.25) is 9.59 Å². The molecule has 0 aromatic heterocycles. The first-order valence-electron chi connectivity index (χ1n) is 10.6. The van der Waals surface area contributed by atoms with E-state index in [0.717, 1.165) is 0 Å². The molecular formula is C22H30O7. The van der Waals surface area contributed by atoms with Gasteiger partial charge in [-0.05, 0) is 42.6 Å². The number of aliphatic hydroxyl groups is 3. The molecule has 1 unspecified atom stereocenters. The lowest BCUT2D eigenvalue weighted by Crippen LogP contribution is -2.85. The summed E-state index contributed by atoms with van der Waals surface area (Å²) in [7, 11) is 0. The van der Waals surface area contributed by atoms with Crippen molar-refractivity contribution in [3.63, 3.8) is 0 Å². The average Bonchev–Trinajstić information content (AvgIpc) is 2.74. The number of carbonyl (C=O) groups excluding carboxylic acids is 2. The molecule has 6 rings (SSSR count). The summed E-state index contributed by atoms with van der Waals surface area (Å²) in [6.07, 6.45) is -0.674. The number of hydrogen-bond acceptors (Lipinski definition) is 7. The Morgan fingerprint density at radius 1 is 1.21 bits per heavy atom. The Morgan fingerprint density at radius 2 is 1.90 bits per heavy atom. The number of hydrogen-bond donors (Lipinski definition) is 3. The van der Waals surface area contributed by atoms with Gasteiger partial charge in [-0.2, -0.15) is 0 Å². The molecule has 0 aromatic carbocycles. The van der Waals surface area contributed by atoms with Crippen LogP contribution < -0.4 is 0 Å². The first kappa shape index (κ1) is 19.7. The van der Waals surface area contributed by atoms with E-state index in [2.05, 4.69) is 6.58 Å². The van der Waals surface area contributed by atoms with E-state index in [0.29, 0.717) is 31.3 Å². The van der Waals surface area contributed by atoms with Crippen LogP contribution in [0.15, 0.2) is 12.2 Å². The van der Waals surface area contributed by atoms with Crippen LogP contribution >= 0.6 is 0 Å². The monoisotopic (exact) mass is 406 g/mol. The maximum atomic E-state index is 13.5.